The predicted molar refractivity (Wildman–Crippen MR) is 105 cm³/mol. The third kappa shape index (κ3) is 7.23. The van der Waals surface area contributed by atoms with E-state index in [2.05, 4.69) is 67.7 Å². The summed E-state index contributed by atoms with van der Waals surface area (Å²) >= 11 is 0. The van der Waals surface area contributed by atoms with Crippen LogP contribution in [0.4, 0.5) is 0 Å². The molecule has 0 aromatic heterocycles. The molecule has 128 valence electrons. The molecule has 4 unspecified atom stereocenters. The molecular weight excluding hydrogens is 328 g/mol. The lowest BCUT2D eigenvalue weighted by atomic mass is 10.1. The third-order valence-corrected chi connectivity index (χ3v) is 14.1. The summed E-state index contributed by atoms with van der Waals surface area (Å²) < 4.78 is 18.8. The minimum absolute atomic E-state index is 0.0623. The molecule has 0 rings (SSSR count). The summed E-state index contributed by atoms with van der Waals surface area (Å²) in [5.74, 6) is 0. The standard InChI is InChI=1S/C14H38O3Si4/c1-11(20(9)15-12(2)18-7)13(3,4)17-21(10)14(5,6)16-19-8/h11-12,20-21H,18-19H2,1-10H3. The Morgan fingerprint density at radius 3 is 1.95 bits per heavy atom. The van der Waals surface area contributed by atoms with E-state index in [0.29, 0.717) is 11.3 Å². The molecule has 0 spiro atoms. The lowest BCUT2D eigenvalue weighted by molar-refractivity contribution is 0.0661. The summed E-state index contributed by atoms with van der Waals surface area (Å²) in [7, 11) is -3.10. The Labute approximate surface area is 140 Å². The highest BCUT2D eigenvalue weighted by Crippen LogP contribution is 2.32. The van der Waals surface area contributed by atoms with E-state index in [4.69, 9.17) is 13.3 Å². The van der Waals surface area contributed by atoms with Gasteiger partial charge in [-0.25, -0.2) is 0 Å². The largest absolute Gasteiger partial charge is 0.421 e. The zero-order valence-electron chi connectivity index (χ0n) is 15.9. The minimum atomic E-state index is -1.41. The Morgan fingerprint density at radius 1 is 1.00 bits per heavy atom. The van der Waals surface area contributed by atoms with Crippen LogP contribution in [0.5, 0.6) is 0 Å². The summed E-state index contributed by atoms with van der Waals surface area (Å²) in [5, 5.41) is -0.0623. The van der Waals surface area contributed by atoms with E-state index >= 15 is 0 Å². The second kappa shape index (κ2) is 9.14. The van der Waals surface area contributed by atoms with Crippen molar-refractivity contribution in [1.29, 1.82) is 0 Å². The van der Waals surface area contributed by atoms with Crippen LogP contribution >= 0.6 is 0 Å². The van der Waals surface area contributed by atoms with Crippen LogP contribution < -0.4 is 0 Å². The SMILES string of the molecule is C[SiH2]OC(C)(C)[SiH](C)OC(C)(C)C(C)[SiH](C)OC(C)[SiH2]C. The number of hydrogen-bond donors (Lipinski definition) is 0. The zero-order chi connectivity index (χ0) is 16.8. The fourth-order valence-corrected chi connectivity index (χ4v) is 9.95. The van der Waals surface area contributed by atoms with Crippen molar-refractivity contribution in [2.24, 2.45) is 0 Å². The van der Waals surface area contributed by atoms with Gasteiger partial charge in [0.25, 0.3) is 0 Å². The van der Waals surface area contributed by atoms with E-state index in [1.807, 2.05) is 0 Å². The van der Waals surface area contributed by atoms with Gasteiger partial charge in [0.2, 0.25) is 9.04 Å². The Morgan fingerprint density at radius 2 is 1.52 bits per heavy atom. The van der Waals surface area contributed by atoms with Gasteiger partial charge >= 0.3 is 0 Å². The molecule has 0 fully saturated rings. The Kier molecular flexibility index (Phi) is 9.47. The molecular formula is C14H38O3Si4. The van der Waals surface area contributed by atoms with Crippen LogP contribution in [0, 0.1) is 0 Å². The molecule has 0 saturated heterocycles. The van der Waals surface area contributed by atoms with Gasteiger partial charge in [0.15, 0.2) is 18.8 Å². The highest BCUT2D eigenvalue weighted by Gasteiger charge is 2.39. The fraction of sp³-hybridized carbons (Fsp3) is 1.00. The van der Waals surface area contributed by atoms with E-state index in [1.54, 1.807) is 0 Å². The van der Waals surface area contributed by atoms with Crippen LogP contribution in [0.2, 0.25) is 31.7 Å². The molecule has 21 heavy (non-hydrogen) atoms. The molecule has 0 radical (unpaired) electrons. The van der Waals surface area contributed by atoms with E-state index in [1.165, 1.54) is 0 Å². The van der Waals surface area contributed by atoms with Crippen molar-refractivity contribution in [2.45, 2.75) is 89.8 Å². The molecule has 0 bridgehead atoms. The van der Waals surface area contributed by atoms with E-state index in [9.17, 15) is 0 Å². The second-order valence-corrected chi connectivity index (χ2v) is 15.7. The van der Waals surface area contributed by atoms with Crippen molar-refractivity contribution in [2.75, 3.05) is 0 Å². The maximum atomic E-state index is 6.56. The van der Waals surface area contributed by atoms with Crippen LogP contribution in [0.1, 0.15) is 41.5 Å². The molecule has 0 aliphatic heterocycles. The summed E-state index contributed by atoms with van der Waals surface area (Å²) in [6, 6.07) is 0. The average Bonchev–Trinajstić information content (AvgIpc) is 2.36. The van der Waals surface area contributed by atoms with Gasteiger partial charge in [0.1, 0.15) is 0 Å². The lowest BCUT2D eigenvalue weighted by Gasteiger charge is -2.42. The molecule has 0 aliphatic carbocycles. The monoisotopic (exact) mass is 366 g/mol. The Balaban J connectivity index is 4.72. The summed E-state index contributed by atoms with van der Waals surface area (Å²) in [4.78, 5) is 0. The van der Waals surface area contributed by atoms with Gasteiger partial charge in [-0.3, -0.25) is 0 Å². The van der Waals surface area contributed by atoms with Crippen LogP contribution in [0.15, 0.2) is 0 Å². The Hall–Kier alpha value is 0.748. The normalized spacial score (nSPS) is 20.3. The molecule has 0 aromatic rings. The van der Waals surface area contributed by atoms with Crippen molar-refractivity contribution < 1.29 is 13.3 Å². The Bertz CT molecular complexity index is 300. The van der Waals surface area contributed by atoms with Crippen molar-refractivity contribution in [3.8, 4) is 0 Å². The van der Waals surface area contributed by atoms with Crippen molar-refractivity contribution >= 4 is 37.4 Å². The molecule has 4 atom stereocenters. The van der Waals surface area contributed by atoms with Crippen LogP contribution in [-0.2, 0) is 13.3 Å². The van der Waals surface area contributed by atoms with Gasteiger partial charge in [-0.1, -0.05) is 20.0 Å². The molecule has 0 heterocycles. The molecule has 0 N–H and O–H groups in total. The smallest absolute Gasteiger partial charge is 0.204 e. The topological polar surface area (TPSA) is 27.7 Å². The molecule has 0 saturated carbocycles. The van der Waals surface area contributed by atoms with Crippen LogP contribution in [0.25, 0.3) is 0 Å². The molecule has 0 amide bonds. The summed E-state index contributed by atoms with van der Waals surface area (Å²) in [5.41, 5.74) is 0.901. The van der Waals surface area contributed by atoms with E-state index in [0.717, 1.165) is 0 Å². The van der Waals surface area contributed by atoms with Gasteiger partial charge in [0.05, 0.1) is 20.3 Å². The number of hydrogen-bond acceptors (Lipinski definition) is 3. The van der Waals surface area contributed by atoms with Crippen molar-refractivity contribution in [1.82, 2.24) is 0 Å². The first kappa shape index (κ1) is 21.7. The summed E-state index contributed by atoms with van der Waals surface area (Å²) in [6.45, 7) is 22.5. The van der Waals surface area contributed by atoms with Gasteiger partial charge in [0, 0.05) is 5.73 Å². The van der Waals surface area contributed by atoms with Gasteiger partial charge in [-0.15, -0.1) is 0 Å². The molecule has 3 nitrogen and oxygen atoms in total. The first-order valence-electron chi connectivity index (χ1n) is 8.45. The maximum Gasteiger partial charge on any atom is 0.204 e. The predicted octanol–water partition coefficient (Wildman–Crippen LogP) is 1.92. The van der Waals surface area contributed by atoms with E-state index < -0.39 is 27.8 Å². The average molecular weight is 367 g/mol. The molecule has 0 aromatic carbocycles. The highest BCUT2D eigenvalue weighted by molar-refractivity contribution is 6.55. The van der Waals surface area contributed by atoms with E-state index in [-0.39, 0.29) is 20.3 Å². The maximum absolute atomic E-state index is 6.56. The molecule has 7 heteroatoms. The first-order chi connectivity index (χ1) is 9.47. The lowest BCUT2D eigenvalue weighted by Crippen LogP contribution is -2.51. The van der Waals surface area contributed by atoms with Gasteiger partial charge in [-0.05, 0) is 53.3 Å². The molecule has 0 aliphatic rings. The number of rotatable bonds is 10. The zero-order valence-corrected chi connectivity index (χ0v) is 21.1. The highest BCUT2D eigenvalue weighted by atomic mass is 28.3. The van der Waals surface area contributed by atoms with Crippen LogP contribution in [0.3, 0.4) is 0 Å². The third-order valence-electron chi connectivity index (χ3n) is 4.80. The second-order valence-electron chi connectivity index (χ2n) is 7.25. The van der Waals surface area contributed by atoms with Gasteiger partial charge in [-0.2, -0.15) is 0 Å². The quantitative estimate of drug-likeness (QED) is 0.553. The minimum Gasteiger partial charge on any atom is -0.421 e. The van der Waals surface area contributed by atoms with Crippen molar-refractivity contribution in [3.63, 3.8) is 0 Å². The van der Waals surface area contributed by atoms with Gasteiger partial charge < -0.3 is 13.3 Å². The first-order valence-corrected chi connectivity index (χ1v) is 17.2. The van der Waals surface area contributed by atoms with Crippen LogP contribution in [-0.4, -0.2) is 53.9 Å². The summed E-state index contributed by atoms with van der Waals surface area (Å²) in [6.07, 6.45) is 0. The fourth-order valence-electron chi connectivity index (χ4n) is 2.34. The van der Waals surface area contributed by atoms with Crippen molar-refractivity contribution in [3.05, 3.63) is 0 Å².